The third-order valence-corrected chi connectivity index (χ3v) is 7.41. The van der Waals surface area contributed by atoms with Crippen LogP contribution in [0.2, 0.25) is 0 Å². The summed E-state index contributed by atoms with van der Waals surface area (Å²) < 4.78 is 23.0. The van der Waals surface area contributed by atoms with Crippen molar-refractivity contribution < 1.29 is 51.1 Å². The van der Waals surface area contributed by atoms with Crippen molar-refractivity contribution in [2.45, 2.75) is 59.6 Å². The Kier molecular flexibility index (Phi) is 13.2. The molecule has 0 radical (unpaired) electrons. The molecule has 0 saturated carbocycles. The fraction of sp³-hybridized carbons (Fsp3) is 0.550. The Bertz CT molecular complexity index is 732. The largest absolute Gasteiger partial charge is 3.00 e. The van der Waals surface area contributed by atoms with Gasteiger partial charge in [-0.2, -0.15) is 33.9 Å². The van der Waals surface area contributed by atoms with E-state index >= 15 is 0 Å². The Labute approximate surface area is 196 Å². The molecule has 1 amide bonds. The van der Waals surface area contributed by atoms with Gasteiger partial charge in [0.05, 0.1) is 0 Å². The molecule has 1 rings (SSSR count). The molecule has 0 saturated heterocycles. The van der Waals surface area contributed by atoms with Crippen LogP contribution in [0.5, 0.6) is 0 Å². The molecule has 156 valence electrons. The molecular formula is C20H33N2O4SY. The topological polar surface area (TPSA) is 86.7 Å². The zero-order valence-electron chi connectivity index (χ0n) is 18.1. The fourth-order valence-electron chi connectivity index (χ4n) is 2.66. The molecule has 0 bridgehead atoms. The van der Waals surface area contributed by atoms with Gasteiger partial charge in [-0.1, -0.05) is 41.0 Å². The van der Waals surface area contributed by atoms with Gasteiger partial charge in [0.1, 0.15) is 0 Å². The van der Waals surface area contributed by atoms with Crippen molar-refractivity contribution in [3.8, 4) is 0 Å². The van der Waals surface area contributed by atoms with Gasteiger partial charge in [0.2, 0.25) is 10.0 Å². The quantitative estimate of drug-likeness (QED) is 0.368. The summed E-state index contributed by atoms with van der Waals surface area (Å²) in [5, 5.41) is 8.45. The maximum Gasteiger partial charge on any atom is 3.00 e. The molecule has 0 aliphatic rings. The van der Waals surface area contributed by atoms with Crippen molar-refractivity contribution in [3.63, 3.8) is 0 Å². The number of nitrogens with one attached hydrogen (secondary N) is 1. The minimum atomic E-state index is -3.88. The van der Waals surface area contributed by atoms with Gasteiger partial charge >= 0.3 is 32.7 Å². The first-order chi connectivity index (χ1) is 12.3. The summed E-state index contributed by atoms with van der Waals surface area (Å²) >= 11 is 0. The third-order valence-electron chi connectivity index (χ3n) is 4.89. The van der Waals surface area contributed by atoms with Gasteiger partial charge < -0.3 is 13.8 Å². The molecule has 0 aliphatic carbocycles. The van der Waals surface area contributed by atoms with Crippen molar-refractivity contribution >= 4 is 15.9 Å². The van der Waals surface area contributed by atoms with Gasteiger partial charge in [-0.15, -0.1) is 13.1 Å². The Morgan fingerprint density at radius 2 is 1.50 bits per heavy atom. The molecular weight excluding hydrogens is 453 g/mol. The second-order valence-electron chi connectivity index (χ2n) is 6.81. The summed E-state index contributed by atoms with van der Waals surface area (Å²) in [6, 6.07) is 3.38. The maximum atomic E-state index is 11.9. The SMILES string of the molecule is CCc1c(C)c(C)[c-]c(C)c1C.[CH2-]CN(C[CH2-])S(=O)(=O)C(C)(C)C(=O)NO.[Y+3]. The van der Waals surface area contributed by atoms with Crippen LogP contribution in [0.4, 0.5) is 0 Å². The summed E-state index contributed by atoms with van der Waals surface area (Å²) in [6.45, 7) is 20.1. The average Bonchev–Trinajstić information content (AvgIpc) is 2.61. The fourth-order valence-corrected chi connectivity index (χ4v) is 4.07. The van der Waals surface area contributed by atoms with Crippen LogP contribution in [0, 0.1) is 47.6 Å². The van der Waals surface area contributed by atoms with E-state index in [2.05, 4.69) is 54.5 Å². The predicted octanol–water partition coefficient (Wildman–Crippen LogP) is 2.85. The standard InChI is InChI=1S/C12H17.C8H16N2O4S.Y/c1-6-12-10(4)8(2)7-9(3)11(12)5;1-5-10(6-2)15(13,14)8(3,4)7(11)9-12;/h6H2,1-5H3;12H,1-2,5-6H2,3-4H3,(H,9,11);/q-1;-2;+3. The number of hydrogen-bond acceptors (Lipinski definition) is 4. The first kappa shape index (κ1) is 29.9. The van der Waals surface area contributed by atoms with Crippen LogP contribution >= 0.6 is 0 Å². The van der Waals surface area contributed by atoms with Crippen LogP contribution in [0.3, 0.4) is 0 Å². The molecule has 28 heavy (non-hydrogen) atoms. The molecule has 0 aromatic heterocycles. The van der Waals surface area contributed by atoms with Gasteiger partial charge in [-0.25, -0.2) is 13.9 Å². The normalized spacial score (nSPS) is 11.4. The monoisotopic (exact) mass is 486 g/mol. The molecule has 0 unspecified atom stereocenters. The predicted molar refractivity (Wildman–Crippen MR) is 109 cm³/mol. The van der Waals surface area contributed by atoms with Gasteiger partial charge in [0, 0.05) is 0 Å². The second kappa shape index (κ2) is 12.4. The second-order valence-corrected chi connectivity index (χ2v) is 9.30. The van der Waals surface area contributed by atoms with Crippen molar-refractivity contribution in [2.24, 2.45) is 0 Å². The number of hydroxylamine groups is 1. The van der Waals surface area contributed by atoms with Crippen molar-refractivity contribution in [1.29, 1.82) is 0 Å². The molecule has 1 aromatic rings. The minimum absolute atomic E-state index is 0. The van der Waals surface area contributed by atoms with E-state index in [0.29, 0.717) is 0 Å². The first-order valence-electron chi connectivity index (χ1n) is 8.84. The Morgan fingerprint density at radius 1 is 1.11 bits per heavy atom. The van der Waals surface area contributed by atoms with E-state index in [1.165, 1.54) is 47.1 Å². The van der Waals surface area contributed by atoms with Gasteiger partial charge in [0.15, 0.2) is 4.75 Å². The van der Waals surface area contributed by atoms with Crippen molar-refractivity contribution in [3.05, 3.63) is 47.7 Å². The van der Waals surface area contributed by atoms with E-state index in [9.17, 15) is 13.2 Å². The zero-order valence-corrected chi connectivity index (χ0v) is 21.8. The Balaban J connectivity index is 0. The van der Waals surface area contributed by atoms with Crippen LogP contribution in [-0.4, -0.2) is 41.7 Å². The number of sulfonamides is 1. The van der Waals surface area contributed by atoms with Crippen molar-refractivity contribution in [2.75, 3.05) is 13.1 Å². The Hall–Kier alpha value is -0.336. The molecule has 0 aliphatic heterocycles. The van der Waals surface area contributed by atoms with Crippen LogP contribution in [-0.2, 0) is 53.9 Å². The number of carbonyl (C=O) groups excluding carboxylic acids is 1. The van der Waals surface area contributed by atoms with Crippen LogP contribution in [0.1, 0.15) is 48.6 Å². The van der Waals surface area contributed by atoms with Crippen LogP contribution in [0.15, 0.2) is 0 Å². The number of rotatable bonds is 6. The van der Waals surface area contributed by atoms with E-state index in [1.54, 1.807) is 0 Å². The van der Waals surface area contributed by atoms with E-state index in [-0.39, 0.29) is 45.8 Å². The van der Waals surface area contributed by atoms with Crippen LogP contribution in [0.25, 0.3) is 0 Å². The molecule has 0 fully saturated rings. The van der Waals surface area contributed by atoms with Gasteiger partial charge in [-0.3, -0.25) is 14.3 Å². The summed E-state index contributed by atoms with van der Waals surface area (Å²) in [5.41, 5.74) is 8.27. The number of carbonyl (C=O) groups is 1. The number of nitrogens with zero attached hydrogens (tertiary/aromatic N) is 1. The molecule has 0 spiro atoms. The molecule has 0 heterocycles. The number of benzene rings is 1. The van der Waals surface area contributed by atoms with Crippen LogP contribution < -0.4 is 5.48 Å². The zero-order chi connectivity index (χ0) is 21.6. The van der Waals surface area contributed by atoms with Gasteiger partial charge in [0.25, 0.3) is 5.91 Å². The summed E-state index contributed by atoms with van der Waals surface area (Å²) in [6.07, 6.45) is 1.13. The maximum absolute atomic E-state index is 11.9. The third kappa shape index (κ3) is 6.59. The summed E-state index contributed by atoms with van der Waals surface area (Å²) in [7, 11) is -3.88. The summed E-state index contributed by atoms with van der Waals surface area (Å²) in [4.78, 5) is 11.2. The van der Waals surface area contributed by atoms with E-state index in [0.717, 1.165) is 10.7 Å². The van der Waals surface area contributed by atoms with E-state index in [1.807, 2.05) is 0 Å². The van der Waals surface area contributed by atoms with E-state index < -0.39 is 20.7 Å². The molecule has 0 atom stereocenters. The summed E-state index contributed by atoms with van der Waals surface area (Å²) in [5.74, 6) is -0.991. The number of aryl methyl sites for hydroxylation is 2. The molecule has 1 aromatic carbocycles. The molecule has 8 heteroatoms. The average molecular weight is 486 g/mol. The number of amides is 1. The molecule has 2 N–H and O–H groups in total. The van der Waals surface area contributed by atoms with Crippen molar-refractivity contribution in [1.82, 2.24) is 9.79 Å². The van der Waals surface area contributed by atoms with E-state index in [4.69, 9.17) is 5.21 Å². The molecule has 6 nitrogen and oxygen atoms in total. The number of hydrogen-bond donors (Lipinski definition) is 2. The Morgan fingerprint density at radius 3 is 1.79 bits per heavy atom. The smallest absolute Gasteiger partial charge is 0.329 e. The van der Waals surface area contributed by atoms with Gasteiger partial charge in [-0.05, 0) is 13.8 Å². The first-order valence-corrected chi connectivity index (χ1v) is 10.3. The minimum Gasteiger partial charge on any atom is -0.329 e.